The van der Waals surface area contributed by atoms with E-state index in [1.807, 2.05) is 26.8 Å². The summed E-state index contributed by atoms with van der Waals surface area (Å²) in [7, 11) is -3.79. The molecule has 0 aliphatic heterocycles. The van der Waals surface area contributed by atoms with Crippen LogP contribution < -0.4 is 15.4 Å². The van der Waals surface area contributed by atoms with Crippen molar-refractivity contribution >= 4 is 27.5 Å². The van der Waals surface area contributed by atoms with Gasteiger partial charge in [-0.25, -0.2) is 8.42 Å². The zero-order valence-electron chi connectivity index (χ0n) is 17.1. The molecule has 0 radical (unpaired) electrons. The highest BCUT2D eigenvalue weighted by molar-refractivity contribution is 7.92. The van der Waals surface area contributed by atoms with Gasteiger partial charge in [-0.3, -0.25) is 14.3 Å². The Morgan fingerprint density at radius 1 is 1.03 bits per heavy atom. The zero-order chi connectivity index (χ0) is 21.6. The first-order valence-corrected chi connectivity index (χ1v) is 10.9. The molecule has 0 fully saturated rings. The van der Waals surface area contributed by atoms with E-state index < -0.39 is 22.0 Å². The monoisotopic (exact) mass is 417 g/mol. The molecule has 0 aliphatic carbocycles. The number of amides is 2. The largest absolute Gasteiger partial charge is 0.354 e. The molecule has 0 saturated heterocycles. The molecule has 29 heavy (non-hydrogen) atoms. The van der Waals surface area contributed by atoms with Crippen LogP contribution in [0, 0.1) is 13.8 Å². The highest BCUT2D eigenvalue weighted by Crippen LogP contribution is 2.22. The van der Waals surface area contributed by atoms with Gasteiger partial charge >= 0.3 is 0 Å². The number of nitrogens with one attached hydrogen (secondary N) is 3. The second-order valence-corrected chi connectivity index (χ2v) is 8.55. The van der Waals surface area contributed by atoms with Crippen LogP contribution >= 0.6 is 0 Å². The number of anilines is 1. The van der Waals surface area contributed by atoms with Crippen molar-refractivity contribution in [2.75, 3.05) is 11.3 Å². The molecule has 2 rings (SSSR count). The third-order valence-electron chi connectivity index (χ3n) is 4.57. The van der Waals surface area contributed by atoms with E-state index in [9.17, 15) is 18.0 Å². The number of hydrogen-bond acceptors (Lipinski definition) is 4. The summed E-state index contributed by atoms with van der Waals surface area (Å²) in [5.74, 6) is -0.715. The molecule has 2 aromatic carbocycles. The summed E-state index contributed by atoms with van der Waals surface area (Å²) in [6.07, 6.45) is 0.804. The van der Waals surface area contributed by atoms with Crippen molar-refractivity contribution in [3.63, 3.8) is 0 Å². The van der Waals surface area contributed by atoms with Gasteiger partial charge < -0.3 is 10.6 Å². The Hall–Kier alpha value is -2.87. The first kappa shape index (κ1) is 22.4. The predicted molar refractivity (Wildman–Crippen MR) is 113 cm³/mol. The number of rotatable bonds is 8. The normalized spacial score (nSPS) is 12.1. The van der Waals surface area contributed by atoms with E-state index in [1.165, 1.54) is 24.3 Å². The number of sulfonamides is 1. The molecule has 0 saturated carbocycles. The van der Waals surface area contributed by atoms with Crippen molar-refractivity contribution < 1.29 is 18.0 Å². The van der Waals surface area contributed by atoms with E-state index in [4.69, 9.17) is 0 Å². The number of benzene rings is 2. The molecule has 0 spiro atoms. The van der Waals surface area contributed by atoms with E-state index in [-0.39, 0.29) is 16.4 Å². The van der Waals surface area contributed by atoms with Crippen LogP contribution in [0.25, 0.3) is 0 Å². The number of hydrogen-bond donors (Lipinski definition) is 3. The highest BCUT2D eigenvalue weighted by atomic mass is 32.2. The van der Waals surface area contributed by atoms with Crippen LogP contribution in [-0.2, 0) is 14.8 Å². The lowest BCUT2D eigenvalue weighted by molar-refractivity contribution is -0.122. The van der Waals surface area contributed by atoms with Gasteiger partial charge in [0.05, 0.1) is 10.6 Å². The van der Waals surface area contributed by atoms with Gasteiger partial charge in [0.1, 0.15) is 6.04 Å². The standard InChI is InChI=1S/C21H27N3O4S/c1-5-13-22-20(25)16(4)23-21(26)17-9-11-18(12-10-17)29(27,28)24-19-8-6-7-14(2)15(19)3/h6-12,16,24H,5,13H2,1-4H3,(H,22,25)(H,23,26)/t16-/m1/s1. The molecule has 0 bridgehead atoms. The molecular weight excluding hydrogens is 390 g/mol. The lowest BCUT2D eigenvalue weighted by Gasteiger charge is -2.14. The van der Waals surface area contributed by atoms with Crippen molar-refractivity contribution in [1.29, 1.82) is 0 Å². The van der Waals surface area contributed by atoms with E-state index in [0.717, 1.165) is 17.5 Å². The Balaban J connectivity index is 2.09. The van der Waals surface area contributed by atoms with Crippen LogP contribution in [0.4, 0.5) is 5.69 Å². The van der Waals surface area contributed by atoms with Crippen molar-refractivity contribution in [2.45, 2.75) is 45.1 Å². The average molecular weight is 418 g/mol. The summed E-state index contributed by atoms with van der Waals surface area (Å²) in [5.41, 5.74) is 2.61. The summed E-state index contributed by atoms with van der Waals surface area (Å²) in [6.45, 7) is 7.82. The molecule has 0 aliphatic rings. The maximum absolute atomic E-state index is 12.6. The minimum absolute atomic E-state index is 0.0451. The lowest BCUT2D eigenvalue weighted by atomic mass is 10.1. The molecule has 2 amide bonds. The second kappa shape index (κ2) is 9.56. The SMILES string of the molecule is CCCNC(=O)[C@@H](C)NC(=O)c1ccc(S(=O)(=O)Nc2cccc(C)c2C)cc1. The third-order valence-corrected chi connectivity index (χ3v) is 5.95. The molecule has 8 heteroatoms. The van der Waals surface area contributed by atoms with Gasteiger partial charge in [0.25, 0.3) is 15.9 Å². The van der Waals surface area contributed by atoms with Gasteiger partial charge in [0, 0.05) is 12.1 Å². The van der Waals surface area contributed by atoms with Gasteiger partial charge in [0.2, 0.25) is 5.91 Å². The Labute approximate surface area is 172 Å². The number of aryl methyl sites for hydroxylation is 1. The fraction of sp³-hybridized carbons (Fsp3) is 0.333. The van der Waals surface area contributed by atoms with Crippen molar-refractivity contribution in [3.8, 4) is 0 Å². The van der Waals surface area contributed by atoms with Crippen LogP contribution in [0.2, 0.25) is 0 Å². The Morgan fingerprint density at radius 3 is 2.31 bits per heavy atom. The highest BCUT2D eigenvalue weighted by Gasteiger charge is 2.19. The minimum Gasteiger partial charge on any atom is -0.354 e. The van der Waals surface area contributed by atoms with Gasteiger partial charge in [-0.1, -0.05) is 19.1 Å². The molecule has 0 unspecified atom stereocenters. The van der Waals surface area contributed by atoms with Gasteiger partial charge in [-0.05, 0) is 68.7 Å². The molecular formula is C21H27N3O4S. The predicted octanol–water partition coefficient (Wildman–Crippen LogP) is 2.75. The molecule has 0 heterocycles. The fourth-order valence-corrected chi connectivity index (χ4v) is 3.72. The van der Waals surface area contributed by atoms with Crippen molar-refractivity contribution in [1.82, 2.24) is 10.6 Å². The summed E-state index contributed by atoms with van der Waals surface area (Å²) < 4.78 is 27.9. The first-order chi connectivity index (χ1) is 13.7. The van der Waals surface area contributed by atoms with Gasteiger partial charge in [0.15, 0.2) is 0 Å². The number of carbonyl (C=O) groups excluding carboxylic acids is 2. The lowest BCUT2D eigenvalue weighted by Crippen LogP contribution is -2.45. The smallest absolute Gasteiger partial charge is 0.261 e. The summed E-state index contributed by atoms with van der Waals surface area (Å²) >= 11 is 0. The van der Waals surface area contributed by atoms with Crippen molar-refractivity contribution in [3.05, 3.63) is 59.2 Å². The zero-order valence-corrected chi connectivity index (χ0v) is 17.9. The fourth-order valence-electron chi connectivity index (χ4n) is 2.60. The second-order valence-electron chi connectivity index (χ2n) is 6.86. The molecule has 3 N–H and O–H groups in total. The third kappa shape index (κ3) is 5.80. The first-order valence-electron chi connectivity index (χ1n) is 9.43. The van der Waals surface area contributed by atoms with E-state index in [0.29, 0.717) is 12.2 Å². The number of carbonyl (C=O) groups is 2. The molecule has 2 aromatic rings. The molecule has 7 nitrogen and oxygen atoms in total. The van der Waals surface area contributed by atoms with Crippen LogP contribution in [0.15, 0.2) is 47.4 Å². The van der Waals surface area contributed by atoms with Crippen LogP contribution in [0.5, 0.6) is 0 Å². The summed E-state index contributed by atoms with van der Waals surface area (Å²) in [6, 6.07) is 10.3. The van der Waals surface area contributed by atoms with E-state index in [2.05, 4.69) is 15.4 Å². The quantitative estimate of drug-likeness (QED) is 0.614. The summed E-state index contributed by atoms with van der Waals surface area (Å²) in [4.78, 5) is 24.2. The molecule has 1 atom stereocenters. The Kier molecular flexibility index (Phi) is 7.39. The molecule has 156 valence electrons. The van der Waals surface area contributed by atoms with Gasteiger partial charge in [-0.2, -0.15) is 0 Å². The Bertz CT molecular complexity index is 985. The van der Waals surface area contributed by atoms with Crippen LogP contribution in [0.3, 0.4) is 0 Å². The Morgan fingerprint density at radius 2 is 1.69 bits per heavy atom. The van der Waals surface area contributed by atoms with Crippen LogP contribution in [0.1, 0.15) is 41.8 Å². The maximum Gasteiger partial charge on any atom is 0.261 e. The van der Waals surface area contributed by atoms with Crippen LogP contribution in [-0.4, -0.2) is 32.8 Å². The van der Waals surface area contributed by atoms with Crippen molar-refractivity contribution in [2.24, 2.45) is 0 Å². The van der Waals surface area contributed by atoms with Gasteiger partial charge in [-0.15, -0.1) is 0 Å². The van der Waals surface area contributed by atoms with E-state index >= 15 is 0 Å². The maximum atomic E-state index is 12.6. The minimum atomic E-state index is -3.79. The average Bonchev–Trinajstić information content (AvgIpc) is 2.69. The van der Waals surface area contributed by atoms with E-state index in [1.54, 1.807) is 19.1 Å². The molecule has 0 aromatic heterocycles. The topological polar surface area (TPSA) is 104 Å². The summed E-state index contributed by atoms with van der Waals surface area (Å²) in [5, 5.41) is 5.31.